The van der Waals surface area contributed by atoms with Crippen molar-refractivity contribution in [2.45, 2.75) is 46.0 Å². The zero-order chi connectivity index (χ0) is 17.4. The van der Waals surface area contributed by atoms with Crippen LogP contribution in [0.2, 0.25) is 0 Å². The minimum atomic E-state index is -0.191. The normalized spacial score (nSPS) is 29.0. The van der Waals surface area contributed by atoms with Crippen molar-refractivity contribution in [1.82, 2.24) is 4.90 Å². The van der Waals surface area contributed by atoms with Gasteiger partial charge in [-0.1, -0.05) is 50.6 Å². The summed E-state index contributed by atoms with van der Waals surface area (Å²) in [5, 5.41) is 0. The fourth-order valence-corrected chi connectivity index (χ4v) is 5.12. The van der Waals surface area contributed by atoms with E-state index in [1.54, 1.807) is 0 Å². The van der Waals surface area contributed by atoms with Crippen LogP contribution in [0.5, 0.6) is 0 Å². The van der Waals surface area contributed by atoms with Crippen LogP contribution in [0.15, 0.2) is 30.3 Å². The number of benzene rings is 1. The topological polar surface area (TPSA) is 46.3 Å². The molecule has 2 N–H and O–H groups in total. The van der Waals surface area contributed by atoms with Crippen LogP contribution < -0.4 is 5.73 Å². The molecule has 3 unspecified atom stereocenters. The molecule has 1 aromatic carbocycles. The Morgan fingerprint density at radius 2 is 2.00 bits per heavy atom. The van der Waals surface area contributed by atoms with Crippen molar-refractivity contribution in [3.8, 4) is 0 Å². The Kier molecular flexibility index (Phi) is 4.74. The van der Waals surface area contributed by atoms with Crippen LogP contribution in [0.1, 0.15) is 45.1 Å². The van der Waals surface area contributed by atoms with E-state index >= 15 is 0 Å². The van der Waals surface area contributed by atoms with Gasteiger partial charge in [0, 0.05) is 13.6 Å². The standard InChI is InChI=1S/C21H32N2O/c1-20(2,14-22)15-23(3)19(24)21(12-16-7-5-4-6-8-16)13-17-9-10-18(21)11-17/h4-8,17-18H,9-15,22H2,1-3H3. The maximum Gasteiger partial charge on any atom is 0.229 e. The molecule has 2 bridgehead atoms. The van der Waals surface area contributed by atoms with Crippen LogP contribution >= 0.6 is 0 Å². The number of amides is 1. The van der Waals surface area contributed by atoms with Crippen molar-refractivity contribution in [3.63, 3.8) is 0 Å². The number of hydrogen-bond donors (Lipinski definition) is 1. The first-order valence-electron chi connectivity index (χ1n) is 9.36. The van der Waals surface area contributed by atoms with Crippen molar-refractivity contribution in [1.29, 1.82) is 0 Å². The molecule has 3 nitrogen and oxygen atoms in total. The summed E-state index contributed by atoms with van der Waals surface area (Å²) in [7, 11) is 1.97. The number of nitrogens with two attached hydrogens (primary N) is 1. The van der Waals surface area contributed by atoms with Gasteiger partial charge in [0.15, 0.2) is 0 Å². The molecule has 0 saturated heterocycles. The van der Waals surface area contributed by atoms with Crippen LogP contribution in [0.4, 0.5) is 0 Å². The summed E-state index contributed by atoms with van der Waals surface area (Å²) in [6.07, 6.45) is 5.73. The summed E-state index contributed by atoms with van der Waals surface area (Å²) >= 11 is 0. The van der Waals surface area contributed by atoms with Gasteiger partial charge in [-0.05, 0) is 55.0 Å². The summed E-state index contributed by atoms with van der Waals surface area (Å²) in [4.78, 5) is 15.5. The smallest absolute Gasteiger partial charge is 0.229 e. The van der Waals surface area contributed by atoms with Crippen molar-refractivity contribution >= 4 is 5.91 Å². The molecular formula is C21H32N2O. The molecule has 3 rings (SSSR count). The van der Waals surface area contributed by atoms with Gasteiger partial charge in [-0.25, -0.2) is 0 Å². The fourth-order valence-electron chi connectivity index (χ4n) is 5.12. The van der Waals surface area contributed by atoms with Gasteiger partial charge in [0.25, 0.3) is 0 Å². The Morgan fingerprint density at radius 1 is 1.29 bits per heavy atom. The predicted molar refractivity (Wildman–Crippen MR) is 98.5 cm³/mol. The molecule has 2 saturated carbocycles. The lowest BCUT2D eigenvalue weighted by Crippen LogP contribution is -2.50. The van der Waals surface area contributed by atoms with E-state index in [1.165, 1.54) is 24.8 Å². The molecule has 3 heteroatoms. The van der Waals surface area contributed by atoms with E-state index < -0.39 is 0 Å². The molecule has 0 aromatic heterocycles. The van der Waals surface area contributed by atoms with Crippen molar-refractivity contribution in [2.24, 2.45) is 28.4 Å². The van der Waals surface area contributed by atoms with Crippen LogP contribution in [-0.4, -0.2) is 30.9 Å². The minimum Gasteiger partial charge on any atom is -0.345 e. The lowest BCUT2D eigenvalue weighted by atomic mass is 9.68. The van der Waals surface area contributed by atoms with Crippen LogP contribution in [0.25, 0.3) is 0 Å². The van der Waals surface area contributed by atoms with E-state index in [0.717, 1.165) is 25.3 Å². The summed E-state index contributed by atoms with van der Waals surface area (Å²) in [6.45, 7) is 5.61. The number of rotatable bonds is 6. The predicted octanol–water partition coefficient (Wildman–Crippen LogP) is 3.48. The fraction of sp³-hybridized carbons (Fsp3) is 0.667. The lowest BCUT2D eigenvalue weighted by molar-refractivity contribution is -0.145. The average molecular weight is 329 g/mol. The second-order valence-corrected chi connectivity index (χ2v) is 8.93. The zero-order valence-corrected chi connectivity index (χ0v) is 15.4. The monoisotopic (exact) mass is 328 g/mol. The molecule has 132 valence electrons. The van der Waals surface area contributed by atoms with E-state index in [1.807, 2.05) is 11.9 Å². The molecule has 2 aliphatic rings. The van der Waals surface area contributed by atoms with Crippen molar-refractivity contribution < 1.29 is 4.79 Å². The van der Waals surface area contributed by atoms with Gasteiger partial charge in [-0.15, -0.1) is 0 Å². The van der Waals surface area contributed by atoms with Gasteiger partial charge in [0.2, 0.25) is 5.91 Å². The zero-order valence-electron chi connectivity index (χ0n) is 15.4. The molecule has 0 spiro atoms. The average Bonchev–Trinajstić information content (AvgIpc) is 3.16. The first kappa shape index (κ1) is 17.5. The molecule has 0 radical (unpaired) electrons. The van der Waals surface area contributed by atoms with E-state index in [2.05, 4.69) is 44.2 Å². The molecule has 1 amide bonds. The van der Waals surface area contributed by atoms with E-state index in [-0.39, 0.29) is 10.8 Å². The highest BCUT2D eigenvalue weighted by Gasteiger charge is 2.56. The van der Waals surface area contributed by atoms with Gasteiger partial charge < -0.3 is 10.6 Å². The van der Waals surface area contributed by atoms with E-state index in [4.69, 9.17) is 5.73 Å². The van der Waals surface area contributed by atoms with Gasteiger partial charge in [-0.3, -0.25) is 4.79 Å². The molecule has 0 aliphatic heterocycles. The van der Waals surface area contributed by atoms with Gasteiger partial charge >= 0.3 is 0 Å². The Balaban J connectivity index is 1.84. The van der Waals surface area contributed by atoms with Crippen molar-refractivity contribution in [2.75, 3.05) is 20.1 Å². The molecule has 24 heavy (non-hydrogen) atoms. The molecular weight excluding hydrogens is 296 g/mol. The maximum atomic E-state index is 13.5. The molecule has 3 atom stereocenters. The highest BCUT2D eigenvalue weighted by Crippen LogP contribution is 2.58. The Bertz CT molecular complexity index is 583. The lowest BCUT2D eigenvalue weighted by Gasteiger charge is -2.41. The first-order valence-corrected chi connectivity index (χ1v) is 9.36. The third-order valence-corrected chi connectivity index (χ3v) is 6.33. The largest absolute Gasteiger partial charge is 0.345 e. The summed E-state index contributed by atoms with van der Waals surface area (Å²) in [5.74, 6) is 1.65. The summed E-state index contributed by atoms with van der Waals surface area (Å²) < 4.78 is 0. The molecule has 0 heterocycles. The van der Waals surface area contributed by atoms with Crippen LogP contribution in [0.3, 0.4) is 0 Å². The number of carbonyl (C=O) groups excluding carboxylic acids is 1. The molecule has 1 aromatic rings. The van der Waals surface area contributed by atoms with Crippen LogP contribution in [-0.2, 0) is 11.2 Å². The third kappa shape index (κ3) is 3.23. The Hall–Kier alpha value is -1.35. The van der Waals surface area contributed by atoms with E-state index in [9.17, 15) is 4.79 Å². The number of hydrogen-bond acceptors (Lipinski definition) is 2. The highest BCUT2D eigenvalue weighted by molar-refractivity contribution is 5.84. The van der Waals surface area contributed by atoms with Crippen molar-refractivity contribution in [3.05, 3.63) is 35.9 Å². The number of fused-ring (bicyclic) bond motifs is 2. The SMILES string of the molecule is CN(CC(C)(C)CN)C(=O)C1(Cc2ccccc2)CC2CCC1C2. The van der Waals surface area contributed by atoms with Crippen LogP contribution in [0, 0.1) is 22.7 Å². The Morgan fingerprint density at radius 3 is 2.54 bits per heavy atom. The third-order valence-electron chi connectivity index (χ3n) is 6.33. The molecule has 2 fully saturated rings. The number of nitrogens with zero attached hydrogens (tertiary/aromatic N) is 1. The van der Waals surface area contributed by atoms with Gasteiger partial charge in [-0.2, -0.15) is 0 Å². The summed E-state index contributed by atoms with van der Waals surface area (Å²) in [6, 6.07) is 10.6. The first-order chi connectivity index (χ1) is 11.4. The molecule has 2 aliphatic carbocycles. The quantitative estimate of drug-likeness (QED) is 0.869. The van der Waals surface area contributed by atoms with Gasteiger partial charge in [0.1, 0.15) is 0 Å². The minimum absolute atomic E-state index is 0.0318. The summed E-state index contributed by atoms with van der Waals surface area (Å²) in [5.41, 5.74) is 6.96. The number of carbonyl (C=O) groups is 1. The second-order valence-electron chi connectivity index (χ2n) is 8.93. The van der Waals surface area contributed by atoms with E-state index in [0.29, 0.717) is 18.4 Å². The van der Waals surface area contributed by atoms with Gasteiger partial charge in [0.05, 0.1) is 5.41 Å². The highest BCUT2D eigenvalue weighted by atomic mass is 16.2. The second kappa shape index (κ2) is 6.51. The Labute approximate surface area is 146 Å². The maximum absolute atomic E-state index is 13.5.